The molecule has 4 nitrogen and oxygen atoms in total. The van der Waals surface area contributed by atoms with Crippen molar-refractivity contribution in [1.29, 1.82) is 5.26 Å². The van der Waals surface area contributed by atoms with Gasteiger partial charge in [-0.25, -0.2) is 0 Å². The third kappa shape index (κ3) is 3.85. The van der Waals surface area contributed by atoms with Crippen molar-refractivity contribution in [2.75, 3.05) is 26.2 Å². The normalized spacial score (nSPS) is 19.3. The van der Waals surface area contributed by atoms with Gasteiger partial charge in [0.05, 0.1) is 6.07 Å². The lowest BCUT2D eigenvalue weighted by Gasteiger charge is -2.42. The van der Waals surface area contributed by atoms with Gasteiger partial charge in [0, 0.05) is 6.54 Å². The molecule has 0 spiro atoms. The van der Waals surface area contributed by atoms with Crippen LogP contribution in [0.25, 0.3) is 0 Å². The summed E-state index contributed by atoms with van der Waals surface area (Å²) in [6, 6.07) is 31.2. The summed E-state index contributed by atoms with van der Waals surface area (Å²) in [5.41, 5.74) is 1.55. The van der Waals surface area contributed by atoms with E-state index in [0.717, 1.165) is 55.1 Å². The Morgan fingerprint density at radius 1 is 0.812 bits per heavy atom. The van der Waals surface area contributed by atoms with E-state index in [4.69, 9.17) is 9.47 Å². The zero-order valence-corrected chi connectivity index (χ0v) is 18.2. The number of fused-ring (bicyclic) bond motifs is 1. The molecule has 4 heteroatoms. The van der Waals surface area contributed by atoms with Crippen LogP contribution in [0.15, 0.2) is 84.9 Å². The number of para-hydroxylation sites is 2. The van der Waals surface area contributed by atoms with Gasteiger partial charge in [0.25, 0.3) is 0 Å². The number of hydrogen-bond acceptors (Lipinski definition) is 4. The standard InChI is InChI=1S/C28H28N2O2/c29-21-28(22-9-3-1-4-10-22,23-11-5-2-6-12-23)24-15-17-30(18-16-24)19-25-20-31-26-13-7-8-14-27(26)32-25/h1-14,24-25H,15-20H2. The molecule has 0 radical (unpaired) electrons. The van der Waals surface area contributed by atoms with E-state index in [9.17, 15) is 5.26 Å². The highest BCUT2D eigenvalue weighted by atomic mass is 16.6. The molecule has 0 N–H and O–H groups in total. The van der Waals surface area contributed by atoms with Crippen LogP contribution in [0, 0.1) is 17.2 Å². The van der Waals surface area contributed by atoms with E-state index in [1.807, 2.05) is 60.7 Å². The summed E-state index contributed by atoms with van der Waals surface area (Å²) in [5.74, 6) is 1.92. The van der Waals surface area contributed by atoms with Crippen LogP contribution in [0.5, 0.6) is 11.5 Å². The number of nitrogens with zero attached hydrogens (tertiary/aromatic N) is 2. The van der Waals surface area contributed by atoms with Gasteiger partial charge in [0.1, 0.15) is 18.1 Å². The van der Waals surface area contributed by atoms with Crippen LogP contribution in [-0.4, -0.2) is 37.2 Å². The number of nitriles is 1. The summed E-state index contributed by atoms with van der Waals surface area (Å²) >= 11 is 0. The van der Waals surface area contributed by atoms with Gasteiger partial charge in [-0.2, -0.15) is 5.26 Å². The average molecular weight is 425 g/mol. The molecule has 2 aliphatic heterocycles. The van der Waals surface area contributed by atoms with Crippen molar-refractivity contribution in [3.8, 4) is 17.6 Å². The molecule has 5 rings (SSSR count). The van der Waals surface area contributed by atoms with Crippen LogP contribution >= 0.6 is 0 Å². The van der Waals surface area contributed by atoms with Gasteiger partial charge in [0.2, 0.25) is 0 Å². The molecule has 162 valence electrons. The molecule has 3 aromatic rings. The topological polar surface area (TPSA) is 45.5 Å². The molecular formula is C28H28N2O2. The Morgan fingerprint density at radius 3 is 1.97 bits per heavy atom. The number of hydrogen-bond donors (Lipinski definition) is 0. The van der Waals surface area contributed by atoms with Crippen molar-refractivity contribution in [1.82, 2.24) is 4.90 Å². The summed E-state index contributed by atoms with van der Waals surface area (Å²) in [5, 5.41) is 10.6. The first-order chi connectivity index (χ1) is 15.8. The number of ether oxygens (including phenoxy) is 2. The smallest absolute Gasteiger partial charge is 0.161 e. The van der Waals surface area contributed by atoms with E-state index >= 15 is 0 Å². The lowest BCUT2D eigenvalue weighted by Crippen LogP contribution is -2.47. The van der Waals surface area contributed by atoms with Gasteiger partial charge >= 0.3 is 0 Å². The Morgan fingerprint density at radius 2 is 1.38 bits per heavy atom. The molecule has 2 heterocycles. The van der Waals surface area contributed by atoms with Crippen molar-refractivity contribution >= 4 is 0 Å². The monoisotopic (exact) mass is 424 g/mol. The fourth-order valence-corrected chi connectivity index (χ4v) is 5.25. The van der Waals surface area contributed by atoms with Crippen LogP contribution in [0.1, 0.15) is 24.0 Å². The maximum Gasteiger partial charge on any atom is 0.161 e. The van der Waals surface area contributed by atoms with Crippen molar-refractivity contribution in [2.24, 2.45) is 5.92 Å². The van der Waals surface area contributed by atoms with Gasteiger partial charge in [0.15, 0.2) is 11.5 Å². The van der Waals surface area contributed by atoms with E-state index in [1.165, 1.54) is 0 Å². The lowest BCUT2D eigenvalue weighted by molar-refractivity contribution is 0.0447. The second kappa shape index (κ2) is 9.06. The quantitative estimate of drug-likeness (QED) is 0.575. The predicted octanol–water partition coefficient (Wildman–Crippen LogP) is 5.05. The highest BCUT2D eigenvalue weighted by Gasteiger charge is 2.44. The zero-order valence-electron chi connectivity index (χ0n) is 18.2. The summed E-state index contributed by atoms with van der Waals surface area (Å²) in [4.78, 5) is 2.45. The first-order valence-electron chi connectivity index (χ1n) is 11.4. The van der Waals surface area contributed by atoms with E-state index < -0.39 is 5.41 Å². The first-order valence-corrected chi connectivity index (χ1v) is 11.4. The Labute approximate surface area is 190 Å². The fraction of sp³-hybridized carbons (Fsp3) is 0.321. The van der Waals surface area contributed by atoms with Crippen LogP contribution in [0.2, 0.25) is 0 Å². The van der Waals surface area contributed by atoms with Crippen molar-refractivity contribution < 1.29 is 9.47 Å². The van der Waals surface area contributed by atoms with Gasteiger partial charge in [-0.1, -0.05) is 72.8 Å². The van der Waals surface area contributed by atoms with Crippen LogP contribution in [0.4, 0.5) is 0 Å². The maximum atomic E-state index is 10.6. The van der Waals surface area contributed by atoms with Gasteiger partial charge in [-0.15, -0.1) is 0 Å². The molecule has 1 saturated heterocycles. The van der Waals surface area contributed by atoms with E-state index in [-0.39, 0.29) is 12.0 Å². The molecule has 0 aliphatic carbocycles. The predicted molar refractivity (Wildman–Crippen MR) is 125 cm³/mol. The molecule has 1 unspecified atom stereocenters. The third-order valence-corrected chi connectivity index (χ3v) is 6.86. The largest absolute Gasteiger partial charge is 0.486 e. The number of likely N-dealkylation sites (tertiary alicyclic amines) is 1. The number of benzene rings is 3. The SMILES string of the molecule is N#CC(c1ccccc1)(c1ccccc1)C1CCN(CC2COc3ccccc3O2)CC1. The highest BCUT2D eigenvalue weighted by Crippen LogP contribution is 2.43. The maximum absolute atomic E-state index is 10.6. The highest BCUT2D eigenvalue weighted by molar-refractivity contribution is 5.47. The third-order valence-electron chi connectivity index (χ3n) is 6.86. The zero-order chi connectivity index (χ0) is 21.8. The van der Waals surface area contributed by atoms with Crippen molar-refractivity contribution in [3.05, 3.63) is 96.1 Å². The Kier molecular flexibility index (Phi) is 5.83. The molecule has 0 bridgehead atoms. The Balaban J connectivity index is 1.31. The van der Waals surface area contributed by atoms with Gasteiger partial charge in [-0.05, 0) is 55.1 Å². The van der Waals surface area contributed by atoms with E-state index in [0.29, 0.717) is 6.61 Å². The Bertz CT molecular complexity index is 1030. The van der Waals surface area contributed by atoms with Crippen LogP contribution in [-0.2, 0) is 5.41 Å². The minimum atomic E-state index is -0.627. The second-order valence-corrected chi connectivity index (χ2v) is 8.72. The minimum absolute atomic E-state index is 0.0328. The molecule has 0 aromatic heterocycles. The minimum Gasteiger partial charge on any atom is -0.486 e. The number of piperidine rings is 1. The van der Waals surface area contributed by atoms with E-state index in [1.54, 1.807) is 0 Å². The van der Waals surface area contributed by atoms with Crippen LogP contribution in [0.3, 0.4) is 0 Å². The fourth-order valence-electron chi connectivity index (χ4n) is 5.25. The van der Waals surface area contributed by atoms with Gasteiger partial charge in [-0.3, -0.25) is 4.90 Å². The second-order valence-electron chi connectivity index (χ2n) is 8.72. The van der Waals surface area contributed by atoms with Crippen molar-refractivity contribution in [2.45, 2.75) is 24.4 Å². The average Bonchev–Trinajstić information content (AvgIpc) is 2.87. The van der Waals surface area contributed by atoms with Gasteiger partial charge < -0.3 is 9.47 Å². The molecule has 2 aliphatic rings. The summed E-state index contributed by atoms with van der Waals surface area (Å²) in [6.45, 7) is 3.33. The molecule has 32 heavy (non-hydrogen) atoms. The van der Waals surface area contributed by atoms with Crippen LogP contribution < -0.4 is 9.47 Å². The summed E-state index contributed by atoms with van der Waals surface area (Å²) < 4.78 is 12.1. The molecule has 0 saturated carbocycles. The lowest BCUT2D eigenvalue weighted by atomic mass is 9.64. The summed E-state index contributed by atoms with van der Waals surface area (Å²) in [7, 11) is 0. The molecule has 3 aromatic carbocycles. The summed E-state index contributed by atoms with van der Waals surface area (Å²) in [6.07, 6.45) is 1.98. The molecule has 1 fully saturated rings. The first kappa shape index (κ1) is 20.6. The number of rotatable bonds is 5. The molecular weight excluding hydrogens is 396 g/mol. The Hall–Kier alpha value is -3.29. The van der Waals surface area contributed by atoms with Crippen molar-refractivity contribution in [3.63, 3.8) is 0 Å². The van der Waals surface area contributed by atoms with E-state index in [2.05, 4.69) is 35.2 Å². The molecule has 0 amide bonds. The molecule has 1 atom stereocenters.